The minimum Gasteiger partial charge on any atom is -0.319 e. The summed E-state index contributed by atoms with van der Waals surface area (Å²) >= 11 is 0. The topological polar surface area (TPSA) is 47.3 Å². The van der Waals surface area contributed by atoms with Crippen LogP contribution in [-0.2, 0) is 0 Å². The minimum absolute atomic E-state index is 0.176. The third-order valence-electron chi connectivity index (χ3n) is 6.21. The number of likely N-dealkylation sites (N-methyl/N-ethyl adjacent to an activating group) is 1. The number of fused-ring (bicyclic) bond motifs is 1. The van der Waals surface area contributed by atoms with Crippen molar-refractivity contribution in [3.05, 3.63) is 59.4 Å². The van der Waals surface area contributed by atoms with E-state index in [9.17, 15) is 18.0 Å². The Kier molecular flexibility index (Phi) is 4.89. The molecule has 0 radical (unpaired) electrons. The summed E-state index contributed by atoms with van der Waals surface area (Å²) in [6.07, 6.45) is 11.1. The number of amides is 2. The number of allylic oxidation sites excluding steroid dienone is 8. The predicted molar refractivity (Wildman–Crippen MR) is 102 cm³/mol. The fourth-order valence-electron chi connectivity index (χ4n) is 4.65. The average molecular weight is 401 g/mol. The van der Waals surface area contributed by atoms with Crippen molar-refractivity contribution >= 4 is 6.03 Å². The molecule has 0 aromatic rings. The van der Waals surface area contributed by atoms with Gasteiger partial charge in [0.25, 0.3) is 0 Å². The van der Waals surface area contributed by atoms with E-state index in [1.165, 1.54) is 28.2 Å². The third kappa shape index (κ3) is 3.41. The van der Waals surface area contributed by atoms with Gasteiger partial charge in [-0.25, -0.2) is 4.79 Å². The molecule has 4 aliphatic rings. The number of hydrogen-bond donors (Lipinski definition) is 0. The molecular formula is C22H22F3N3O. The molecule has 4 nitrogen and oxygen atoms in total. The van der Waals surface area contributed by atoms with Gasteiger partial charge >= 0.3 is 12.2 Å². The van der Waals surface area contributed by atoms with Crippen LogP contribution in [0.2, 0.25) is 0 Å². The summed E-state index contributed by atoms with van der Waals surface area (Å²) in [4.78, 5) is 16.0. The first-order chi connectivity index (χ1) is 13.8. The van der Waals surface area contributed by atoms with Gasteiger partial charge in [-0.2, -0.15) is 18.4 Å². The van der Waals surface area contributed by atoms with Gasteiger partial charge in [-0.15, -0.1) is 0 Å². The fraction of sp³-hybridized carbons (Fsp3) is 0.455. The van der Waals surface area contributed by atoms with Gasteiger partial charge in [0.15, 0.2) is 0 Å². The molecule has 2 amide bonds. The van der Waals surface area contributed by atoms with Gasteiger partial charge in [-0.05, 0) is 49.0 Å². The predicted octanol–water partition coefficient (Wildman–Crippen LogP) is 4.86. The highest BCUT2D eigenvalue weighted by Gasteiger charge is 2.49. The van der Waals surface area contributed by atoms with Gasteiger partial charge in [0.1, 0.15) is 0 Å². The molecule has 1 heterocycles. The van der Waals surface area contributed by atoms with Crippen LogP contribution in [0.15, 0.2) is 59.4 Å². The monoisotopic (exact) mass is 401 g/mol. The number of carbonyl (C=O) groups excluding carboxylic acids is 1. The van der Waals surface area contributed by atoms with Crippen LogP contribution in [0.3, 0.4) is 0 Å². The van der Waals surface area contributed by atoms with Gasteiger partial charge in [0.2, 0.25) is 0 Å². The van der Waals surface area contributed by atoms with E-state index >= 15 is 0 Å². The highest BCUT2D eigenvalue weighted by atomic mass is 19.4. The molecule has 29 heavy (non-hydrogen) atoms. The molecule has 0 bridgehead atoms. The molecule has 1 saturated heterocycles. The summed E-state index contributed by atoms with van der Waals surface area (Å²) in [5.74, 6) is -3.17. The van der Waals surface area contributed by atoms with E-state index in [-0.39, 0.29) is 23.8 Å². The highest BCUT2D eigenvalue weighted by molar-refractivity contribution is 5.81. The molecule has 0 aromatic heterocycles. The lowest BCUT2D eigenvalue weighted by atomic mass is 9.84. The Morgan fingerprint density at radius 1 is 1.21 bits per heavy atom. The maximum Gasteiger partial charge on any atom is 0.396 e. The zero-order valence-electron chi connectivity index (χ0n) is 16.1. The number of nitrogens with zero attached hydrogens (tertiary/aromatic N) is 3. The van der Waals surface area contributed by atoms with Gasteiger partial charge in [0, 0.05) is 12.7 Å². The van der Waals surface area contributed by atoms with Gasteiger partial charge in [0.05, 0.1) is 30.0 Å². The van der Waals surface area contributed by atoms with Gasteiger partial charge in [-0.1, -0.05) is 30.4 Å². The van der Waals surface area contributed by atoms with Crippen molar-refractivity contribution in [2.45, 2.75) is 43.9 Å². The summed E-state index contributed by atoms with van der Waals surface area (Å²) in [5.41, 5.74) is 2.74. The van der Waals surface area contributed by atoms with Crippen LogP contribution in [0, 0.1) is 23.2 Å². The smallest absolute Gasteiger partial charge is 0.319 e. The Bertz CT molecular complexity index is 903. The van der Waals surface area contributed by atoms with Crippen molar-refractivity contribution in [1.82, 2.24) is 9.80 Å². The van der Waals surface area contributed by atoms with Crippen LogP contribution >= 0.6 is 0 Å². The maximum atomic E-state index is 13.4. The normalized spacial score (nSPS) is 31.8. The van der Waals surface area contributed by atoms with E-state index in [4.69, 9.17) is 5.26 Å². The van der Waals surface area contributed by atoms with Crippen LogP contribution in [-0.4, -0.2) is 41.1 Å². The number of nitriles is 1. The summed E-state index contributed by atoms with van der Waals surface area (Å²) in [6.45, 7) is 0. The molecule has 0 N–H and O–H groups in total. The molecule has 0 aromatic carbocycles. The molecule has 1 fully saturated rings. The fourth-order valence-corrected chi connectivity index (χ4v) is 4.65. The second-order valence-corrected chi connectivity index (χ2v) is 7.88. The van der Waals surface area contributed by atoms with E-state index in [0.29, 0.717) is 6.42 Å². The molecule has 0 spiro atoms. The molecule has 7 heteroatoms. The highest BCUT2D eigenvalue weighted by Crippen LogP contribution is 2.42. The number of rotatable bonds is 2. The lowest BCUT2D eigenvalue weighted by Crippen LogP contribution is -2.39. The van der Waals surface area contributed by atoms with Crippen molar-refractivity contribution in [3.63, 3.8) is 0 Å². The molecule has 4 rings (SSSR count). The quantitative estimate of drug-likeness (QED) is 0.663. The van der Waals surface area contributed by atoms with E-state index in [1.54, 1.807) is 18.0 Å². The lowest BCUT2D eigenvalue weighted by Gasteiger charge is -2.33. The molecule has 1 aliphatic heterocycles. The van der Waals surface area contributed by atoms with E-state index < -0.39 is 18.0 Å². The van der Waals surface area contributed by atoms with E-state index in [0.717, 1.165) is 25.3 Å². The summed E-state index contributed by atoms with van der Waals surface area (Å²) in [5, 5.41) is 9.07. The summed E-state index contributed by atoms with van der Waals surface area (Å²) in [6, 6.07) is 1.02. The van der Waals surface area contributed by atoms with Crippen molar-refractivity contribution in [1.29, 1.82) is 5.26 Å². The third-order valence-corrected chi connectivity index (χ3v) is 6.21. The van der Waals surface area contributed by atoms with Crippen LogP contribution in [0.5, 0.6) is 0 Å². The first kappa shape index (κ1) is 19.6. The number of alkyl halides is 3. The SMILES string of the molecule is CN1C(=O)N(C2=CC(C(F)(F)F)C(C#N)C=C2)[C@H]2CCC(C3=CC=CCC3)=C[C@@H]21. The Morgan fingerprint density at radius 3 is 2.66 bits per heavy atom. The minimum atomic E-state index is -4.54. The number of hydrogen-bond acceptors (Lipinski definition) is 2. The van der Waals surface area contributed by atoms with Crippen LogP contribution in [0.25, 0.3) is 0 Å². The number of carbonyl (C=O) groups is 1. The second kappa shape index (κ2) is 7.25. The zero-order valence-corrected chi connectivity index (χ0v) is 16.1. The Balaban J connectivity index is 1.64. The molecule has 0 saturated carbocycles. The molecule has 2 unspecified atom stereocenters. The van der Waals surface area contributed by atoms with E-state index in [1.807, 2.05) is 6.08 Å². The summed E-state index contributed by atoms with van der Waals surface area (Å²) < 4.78 is 40.3. The van der Waals surface area contributed by atoms with Gasteiger partial charge < -0.3 is 4.90 Å². The first-order valence-corrected chi connectivity index (χ1v) is 9.80. The lowest BCUT2D eigenvalue weighted by molar-refractivity contribution is -0.166. The Labute approximate surface area is 168 Å². The largest absolute Gasteiger partial charge is 0.396 e. The molecule has 152 valence electrons. The molecule has 3 aliphatic carbocycles. The average Bonchev–Trinajstić information content (AvgIpc) is 2.97. The van der Waals surface area contributed by atoms with Crippen LogP contribution < -0.4 is 0 Å². The van der Waals surface area contributed by atoms with Crippen molar-refractivity contribution in [3.8, 4) is 6.07 Å². The Morgan fingerprint density at radius 2 is 2.00 bits per heavy atom. The van der Waals surface area contributed by atoms with E-state index in [2.05, 4.69) is 18.2 Å². The molecular weight excluding hydrogens is 379 g/mol. The summed E-state index contributed by atoms with van der Waals surface area (Å²) in [7, 11) is 1.70. The second-order valence-electron chi connectivity index (χ2n) is 7.88. The van der Waals surface area contributed by atoms with Gasteiger partial charge in [-0.3, -0.25) is 4.90 Å². The molecule has 4 atom stereocenters. The Hall–Kier alpha value is -2.75. The van der Waals surface area contributed by atoms with Crippen LogP contribution in [0.4, 0.5) is 18.0 Å². The van der Waals surface area contributed by atoms with Crippen molar-refractivity contribution < 1.29 is 18.0 Å². The maximum absolute atomic E-state index is 13.4. The van der Waals surface area contributed by atoms with Crippen molar-refractivity contribution in [2.75, 3.05) is 7.05 Å². The van der Waals surface area contributed by atoms with Crippen LogP contribution in [0.1, 0.15) is 25.7 Å². The number of halogens is 3. The zero-order chi connectivity index (χ0) is 20.8. The standard InChI is InChI=1S/C22H22F3N3O/c1-27-20-11-15(14-5-3-2-4-6-14)8-10-19(20)28(21(27)29)17-9-7-16(13-26)18(12-17)22(23,24)25/h2-3,5,7,9,11-12,16,18-20H,4,6,8,10H2,1H3/t16?,18?,19-,20-/m0/s1. The van der Waals surface area contributed by atoms with Crippen molar-refractivity contribution in [2.24, 2.45) is 11.8 Å². The number of urea groups is 1. The first-order valence-electron chi connectivity index (χ1n) is 9.80.